The molecule has 116 valence electrons. The third kappa shape index (κ3) is 3.24. The highest BCUT2D eigenvalue weighted by Crippen LogP contribution is 2.40. The number of fused-ring (bicyclic) bond motifs is 1. The number of carbonyl (C=O) groups excluding carboxylic acids is 1. The molecule has 1 fully saturated rings. The van der Waals surface area contributed by atoms with E-state index in [0.717, 1.165) is 28.6 Å². The number of carboxylic acid groups (broad SMARTS) is 1. The van der Waals surface area contributed by atoms with Crippen LogP contribution < -0.4 is 5.32 Å². The van der Waals surface area contributed by atoms with Gasteiger partial charge in [0.2, 0.25) is 5.91 Å². The standard InChI is InChI=1S/C15H17N3O3S/c1-18-12-5-4-10(16-13(19)7-22-8-14(20)21)6-11(12)17-15(18)9-2-3-9/h4-6,9H,2-3,7-8H2,1H3,(H,16,19)(H,20,21). The van der Waals surface area contributed by atoms with Crippen molar-refractivity contribution in [1.29, 1.82) is 0 Å². The quantitative estimate of drug-likeness (QED) is 0.853. The van der Waals surface area contributed by atoms with E-state index in [4.69, 9.17) is 5.11 Å². The molecule has 1 aliphatic carbocycles. The third-order valence-electron chi connectivity index (χ3n) is 3.60. The molecule has 2 aromatic rings. The lowest BCUT2D eigenvalue weighted by atomic mass is 10.2. The van der Waals surface area contributed by atoms with Gasteiger partial charge in [-0.3, -0.25) is 9.59 Å². The molecule has 3 rings (SSSR count). The average Bonchev–Trinajstić information content (AvgIpc) is 3.24. The number of amides is 1. The Morgan fingerprint density at radius 1 is 1.41 bits per heavy atom. The van der Waals surface area contributed by atoms with Crippen LogP contribution in [0.2, 0.25) is 0 Å². The van der Waals surface area contributed by atoms with Crippen LogP contribution in [0.4, 0.5) is 5.69 Å². The number of aliphatic carboxylic acids is 1. The number of aryl methyl sites for hydroxylation is 1. The molecule has 22 heavy (non-hydrogen) atoms. The first-order valence-electron chi connectivity index (χ1n) is 7.10. The minimum absolute atomic E-state index is 0.0720. The summed E-state index contributed by atoms with van der Waals surface area (Å²) < 4.78 is 2.11. The maximum atomic E-state index is 11.8. The Labute approximate surface area is 131 Å². The first kappa shape index (κ1) is 14.9. The third-order valence-corrected chi connectivity index (χ3v) is 4.52. The number of anilines is 1. The fraction of sp³-hybridized carbons (Fsp3) is 0.400. The molecule has 2 N–H and O–H groups in total. The first-order chi connectivity index (χ1) is 10.5. The molecule has 0 bridgehead atoms. The van der Waals surface area contributed by atoms with Gasteiger partial charge < -0.3 is 15.0 Å². The maximum Gasteiger partial charge on any atom is 0.313 e. The van der Waals surface area contributed by atoms with Gasteiger partial charge >= 0.3 is 5.97 Å². The first-order valence-corrected chi connectivity index (χ1v) is 8.26. The number of rotatable bonds is 6. The summed E-state index contributed by atoms with van der Waals surface area (Å²) in [5, 5.41) is 11.3. The summed E-state index contributed by atoms with van der Waals surface area (Å²) in [7, 11) is 2.02. The number of carbonyl (C=O) groups is 2. The minimum atomic E-state index is -0.916. The fourth-order valence-electron chi connectivity index (χ4n) is 2.43. The SMILES string of the molecule is Cn1c(C2CC2)nc2cc(NC(=O)CSCC(=O)O)ccc21. The van der Waals surface area contributed by atoms with Crippen molar-refractivity contribution in [2.45, 2.75) is 18.8 Å². The molecular formula is C15H17N3O3S. The molecule has 1 aromatic heterocycles. The Morgan fingerprint density at radius 3 is 2.86 bits per heavy atom. The number of nitrogens with zero attached hydrogens (tertiary/aromatic N) is 2. The lowest BCUT2D eigenvalue weighted by Crippen LogP contribution is -2.15. The molecule has 1 aromatic carbocycles. The predicted octanol–water partition coefficient (Wildman–Crippen LogP) is 2.21. The second-order valence-corrected chi connectivity index (χ2v) is 6.43. The molecule has 1 saturated carbocycles. The molecule has 0 atom stereocenters. The number of benzene rings is 1. The second-order valence-electron chi connectivity index (χ2n) is 5.44. The van der Waals surface area contributed by atoms with E-state index in [-0.39, 0.29) is 17.4 Å². The number of hydrogen-bond donors (Lipinski definition) is 2. The van der Waals surface area contributed by atoms with Crippen LogP contribution in [0.25, 0.3) is 11.0 Å². The van der Waals surface area contributed by atoms with Gasteiger partial charge in [-0.05, 0) is 31.0 Å². The van der Waals surface area contributed by atoms with Gasteiger partial charge in [0.1, 0.15) is 5.82 Å². The summed E-state index contributed by atoms with van der Waals surface area (Å²) in [5.74, 6) is 0.611. The zero-order chi connectivity index (χ0) is 15.7. The van der Waals surface area contributed by atoms with Crippen LogP contribution in [-0.2, 0) is 16.6 Å². The maximum absolute atomic E-state index is 11.8. The highest BCUT2D eigenvalue weighted by molar-refractivity contribution is 8.00. The van der Waals surface area contributed by atoms with E-state index in [9.17, 15) is 9.59 Å². The van der Waals surface area contributed by atoms with Gasteiger partial charge in [0.05, 0.1) is 22.5 Å². The number of carboxylic acids is 1. The molecule has 0 unspecified atom stereocenters. The Morgan fingerprint density at radius 2 is 2.18 bits per heavy atom. The van der Waals surface area contributed by atoms with E-state index in [1.54, 1.807) is 0 Å². The Balaban J connectivity index is 1.69. The average molecular weight is 319 g/mol. The Bertz CT molecular complexity index is 737. The van der Waals surface area contributed by atoms with Gasteiger partial charge in [0, 0.05) is 18.7 Å². The van der Waals surface area contributed by atoms with E-state index in [2.05, 4.69) is 14.9 Å². The zero-order valence-electron chi connectivity index (χ0n) is 12.2. The smallest absolute Gasteiger partial charge is 0.313 e. The number of thioether (sulfide) groups is 1. The van der Waals surface area contributed by atoms with Crippen LogP contribution >= 0.6 is 11.8 Å². The van der Waals surface area contributed by atoms with Gasteiger partial charge in [-0.2, -0.15) is 0 Å². The van der Waals surface area contributed by atoms with Crippen LogP contribution in [0, 0.1) is 0 Å². The van der Waals surface area contributed by atoms with Crippen molar-refractivity contribution in [1.82, 2.24) is 9.55 Å². The molecule has 6 nitrogen and oxygen atoms in total. The van der Waals surface area contributed by atoms with Crippen LogP contribution in [0.3, 0.4) is 0 Å². The van der Waals surface area contributed by atoms with Crippen LogP contribution in [0.1, 0.15) is 24.6 Å². The van der Waals surface area contributed by atoms with E-state index >= 15 is 0 Å². The van der Waals surface area contributed by atoms with Crippen molar-refractivity contribution >= 4 is 40.4 Å². The van der Waals surface area contributed by atoms with Crippen molar-refractivity contribution in [3.8, 4) is 0 Å². The highest BCUT2D eigenvalue weighted by atomic mass is 32.2. The summed E-state index contributed by atoms with van der Waals surface area (Å²) >= 11 is 1.08. The molecule has 7 heteroatoms. The molecule has 1 heterocycles. The van der Waals surface area contributed by atoms with Gasteiger partial charge in [-0.25, -0.2) is 4.98 Å². The van der Waals surface area contributed by atoms with E-state index < -0.39 is 5.97 Å². The van der Waals surface area contributed by atoms with Crippen LogP contribution in [0.5, 0.6) is 0 Å². The Hall–Kier alpha value is -2.02. The van der Waals surface area contributed by atoms with Crippen molar-refractivity contribution in [3.05, 3.63) is 24.0 Å². The van der Waals surface area contributed by atoms with Crippen molar-refractivity contribution < 1.29 is 14.7 Å². The fourth-order valence-corrected chi connectivity index (χ4v) is 2.97. The van der Waals surface area contributed by atoms with Crippen molar-refractivity contribution in [2.24, 2.45) is 7.05 Å². The lowest BCUT2D eigenvalue weighted by molar-refractivity contribution is -0.133. The molecule has 0 spiro atoms. The van der Waals surface area contributed by atoms with Crippen molar-refractivity contribution in [2.75, 3.05) is 16.8 Å². The van der Waals surface area contributed by atoms with Crippen molar-refractivity contribution in [3.63, 3.8) is 0 Å². The normalized spacial score (nSPS) is 14.2. The molecular weight excluding hydrogens is 302 g/mol. The number of hydrogen-bond acceptors (Lipinski definition) is 4. The van der Waals surface area contributed by atoms with Gasteiger partial charge in [-0.15, -0.1) is 11.8 Å². The number of aromatic nitrogens is 2. The zero-order valence-corrected chi connectivity index (χ0v) is 13.0. The lowest BCUT2D eigenvalue weighted by Gasteiger charge is -2.05. The largest absolute Gasteiger partial charge is 0.481 e. The number of imidazole rings is 1. The van der Waals surface area contributed by atoms with Crippen LogP contribution in [0.15, 0.2) is 18.2 Å². The summed E-state index contributed by atoms with van der Waals surface area (Å²) in [4.78, 5) is 26.8. The van der Waals surface area contributed by atoms with Gasteiger partial charge in [0.25, 0.3) is 0 Å². The van der Waals surface area contributed by atoms with Gasteiger partial charge in [0.15, 0.2) is 0 Å². The molecule has 0 saturated heterocycles. The van der Waals surface area contributed by atoms with Gasteiger partial charge in [-0.1, -0.05) is 0 Å². The molecule has 1 aliphatic rings. The topological polar surface area (TPSA) is 84.2 Å². The Kier molecular flexibility index (Phi) is 4.06. The van der Waals surface area contributed by atoms with E-state index in [1.165, 1.54) is 12.8 Å². The summed E-state index contributed by atoms with van der Waals surface area (Å²) in [5.41, 5.74) is 2.62. The number of nitrogens with one attached hydrogen (secondary N) is 1. The van der Waals surface area contributed by atoms with E-state index in [0.29, 0.717) is 11.6 Å². The molecule has 1 amide bonds. The van der Waals surface area contributed by atoms with Crippen LogP contribution in [-0.4, -0.2) is 38.0 Å². The highest BCUT2D eigenvalue weighted by Gasteiger charge is 2.28. The molecule has 0 radical (unpaired) electrons. The summed E-state index contributed by atoms with van der Waals surface area (Å²) in [6.45, 7) is 0. The summed E-state index contributed by atoms with van der Waals surface area (Å²) in [6, 6.07) is 5.66. The second kappa shape index (κ2) is 6.00. The monoisotopic (exact) mass is 319 g/mol. The summed E-state index contributed by atoms with van der Waals surface area (Å²) in [6.07, 6.45) is 2.39. The predicted molar refractivity (Wildman–Crippen MR) is 86.3 cm³/mol. The minimum Gasteiger partial charge on any atom is -0.481 e. The van der Waals surface area contributed by atoms with E-state index in [1.807, 2.05) is 25.2 Å². The molecule has 0 aliphatic heterocycles.